The van der Waals surface area contributed by atoms with Gasteiger partial charge >= 0.3 is 0 Å². The van der Waals surface area contributed by atoms with Gasteiger partial charge in [-0.15, -0.1) is 0 Å². The lowest BCUT2D eigenvalue weighted by atomic mass is 10.1. The van der Waals surface area contributed by atoms with Gasteiger partial charge in [0.05, 0.1) is 0 Å². The average molecular weight is 232 g/mol. The molecule has 1 aromatic carbocycles. The predicted octanol–water partition coefficient (Wildman–Crippen LogP) is 3.03. The minimum absolute atomic E-state index is 0.230. The normalized spacial score (nSPS) is 11.0. The van der Waals surface area contributed by atoms with Gasteiger partial charge in [-0.3, -0.25) is 0 Å². The van der Waals surface area contributed by atoms with Crippen LogP contribution >= 0.6 is 0 Å². The Morgan fingerprint density at radius 2 is 1.94 bits per heavy atom. The first kappa shape index (κ1) is 11.6. The van der Waals surface area contributed by atoms with Gasteiger partial charge in [0.2, 0.25) is 0 Å². The van der Waals surface area contributed by atoms with E-state index < -0.39 is 0 Å². The number of phenols is 1. The summed E-state index contributed by atoms with van der Waals surface area (Å²) in [6, 6.07) is 6.73. The van der Waals surface area contributed by atoms with E-state index in [1.54, 1.807) is 24.3 Å². The predicted molar refractivity (Wildman–Crippen MR) is 64.6 cm³/mol. The van der Waals surface area contributed by atoms with E-state index in [1.165, 1.54) is 0 Å². The first-order valence-electron chi connectivity index (χ1n) is 5.77. The van der Waals surface area contributed by atoms with Gasteiger partial charge in [-0.25, -0.2) is 0 Å². The van der Waals surface area contributed by atoms with E-state index in [9.17, 15) is 5.11 Å². The van der Waals surface area contributed by atoms with E-state index in [0.717, 1.165) is 24.2 Å². The molecule has 0 atom stereocenters. The minimum Gasteiger partial charge on any atom is -0.508 e. The summed E-state index contributed by atoms with van der Waals surface area (Å²) in [4.78, 5) is 4.32. The SMILES string of the molecule is CC(C)CCc1noc(-c2ccc(O)cc2)n1. The van der Waals surface area contributed by atoms with Crippen LogP contribution < -0.4 is 0 Å². The molecule has 0 saturated carbocycles. The summed E-state index contributed by atoms with van der Waals surface area (Å²) in [5, 5.41) is 13.1. The van der Waals surface area contributed by atoms with Gasteiger partial charge in [-0.1, -0.05) is 19.0 Å². The van der Waals surface area contributed by atoms with Gasteiger partial charge in [0.25, 0.3) is 5.89 Å². The molecule has 0 aliphatic rings. The first-order valence-corrected chi connectivity index (χ1v) is 5.77. The molecule has 0 amide bonds. The van der Waals surface area contributed by atoms with Crippen molar-refractivity contribution in [1.82, 2.24) is 10.1 Å². The molecule has 0 bridgehead atoms. The van der Waals surface area contributed by atoms with Gasteiger partial charge in [-0.05, 0) is 36.6 Å². The number of hydrogen-bond acceptors (Lipinski definition) is 4. The minimum atomic E-state index is 0.230. The fraction of sp³-hybridized carbons (Fsp3) is 0.385. The van der Waals surface area contributed by atoms with E-state index >= 15 is 0 Å². The Kier molecular flexibility index (Phi) is 3.42. The summed E-state index contributed by atoms with van der Waals surface area (Å²) in [6.07, 6.45) is 1.88. The summed E-state index contributed by atoms with van der Waals surface area (Å²) in [7, 11) is 0. The Morgan fingerprint density at radius 3 is 2.59 bits per heavy atom. The summed E-state index contributed by atoms with van der Waals surface area (Å²) in [5.41, 5.74) is 0.825. The largest absolute Gasteiger partial charge is 0.508 e. The second-order valence-electron chi connectivity index (χ2n) is 4.50. The van der Waals surface area contributed by atoms with Crippen molar-refractivity contribution < 1.29 is 9.63 Å². The summed E-state index contributed by atoms with van der Waals surface area (Å²) in [6.45, 7) is 4.34. The molecular formula is C13H16N2O2. The molecule has 1 N–H and O–H groups in total. The van der Waals surface area contributed by atoms with Crippen LogP contribution in [0.5, 0.6) is 5.75 Å². The average Bonchev–Trinajstić information content (AvgIpc) is 2.76. The van der Waals surface area contributed by atoms with Crippen LogP contribution in [0.15, 0.2) is 28.8 Å². The van der Waals surface area contributed by atoms with Gasteiger partial charge in [0, 0.05) is 12.0 Å². The van der Waals surface area contributed by atoms with Crippen LogP contribution in [0, 0.1) is 5.92 Å². The van der Waals surface area contributed by atoms with Crippen LogP contribution in [0.1, 0.15) is 26.1 Å². The molecule has 2 rings (SSSR count). The standard InChI is InChI=1S/C13H16N2O2/c1-9(2)3-8-12-14-13(17-15-12)10-4-6-11(16)7-5-10/h4-7,9,16H,3,8H2,1-2H3. The van der Waals surface area contributed by atoms with Crippen molar-refractivity contribution in [3.05, 3.63) is 30.1 Å². The van der Waals surface area contributed by atoms with Crippen LogP contribution in [0.3, 0.4) is 0 Å². The molecule has 0 saturated heterocycles. The van der Waals surface area contributed by atoms with Crippen molar-refractivity contribution in [3.8, 4) is 17.2 Å². The van der Waals surface area contributed by atoms with Crippen molar-refractivity contribution in [2.75, 3.05) is 0 Å². The Balaban J connectivity index is 2.10. The lowest BCUT2D eigenvalue weighted by molar-refractivity contribution is 0.419. The van der Waals surface area contributed by atoms with E-state index in [0.29, 0.717) is 11.8 Å². The molecule has 0 unspecified atom stereocenters. The molecule has 1 aromatic heterocycles. The third-order valence-corrected chi connectivity index (χ3v) is 2.53. The monoisotopic (exact) mass is 232 g/mol. The van der Waals surface area contributed by atoms with Crippen LogP contribution in [0.25, 0.3) is 11.5 Å². The number of aryl methyl sites for hydroxylation is 1. The number of aromatic hydroxyl groups is 1. The molecule has 17 heavy (non-hydrogen) atoms. The zero-order valence-corrected chi connectivity index (χ0v) is 10.1. The van der Waals surface area contributed by atoms with E-state index in [2.05, 4.69) is 24.0 Å². The number of aromatic nitrogens is 2. The number of phenolic OH excluding ortho intramolecular Hbond substituents is 1. The first-order chi connectivity index (χ1) is 8.15. The van der Waals surface area contributed by atoms with Gasteiger partial charge in [0.15, 0.2) is 5.82 Å². The Hall–Kier alpha value is -1.84. The van der Waals surface area contributed by atoms with E-state index in [4.69, 9.17) is 4.52 Å². The molecule has 0 fully saturated rings. The highest BCUT2D eigenvalue weighted by Gasteiger charge is 2.09. The summed E-state index contributed by atoms with van der Waals surface area (Å²) < 4.78 is 5.18. The van der Waals surface area contributed by atoms with Crippen molar-refractivity contribution in [2.24, 2.45) is 5.92 Å². The van der Waals surface area contributed by atoms with Crippen LogP contribution in [0.2, 0.25) is 0 Å². The molecule has 1 heterocycles. The zero-order valence-electron chi connectivity index (χ0n) is 10.1. The molecular weight excluding hydrogens is 216 g/mol. The van der Waals surface area contributed by atoms with Gasteiger partial charge < -0.3 is 9.63 Å². The Morgan fingerprint density at radius 1 is 1.24 bits per heavy atom. The van der Waals surface area contributed by atoms with E-state index in [1.807, 2.05) is 0 Å². The quantitative estimate of drug-likeness (QED) is 0.880. The van der Waals surface area contributed by atoms with Crippen LogP contribution in [-0.2, 0) is 6.42 Å². The molecule has 4 nitrogen and oxygen atoms in total. The molecule has 2 aromatic rings. The Labute approximate surface area is 100 Å². The molecule has 0 aliphatic carbocycles. The van der Waals surface area contributed by atoms with Gasteiger partial charge in [0.1, 0.15) is 5.75 Å². The molecule has 90 valence electrons. The van der Waals surface area contributed by atoms with Crippen molar-refractivity contribution in [1.29, 1.82) is 0 Å². The van der Waals surface area contributed by atoms with Crippen molar-refractivity contribution in [2.45, 2.75) is 26.7 Å². The third kappa shape index (κ3) is 3.06. The number of nitrogens with zero attached hydrogens (tertiary/aromatic N) is 2. The molecule has 0 radical (unpaired) electrons. The maximum Gasteiger partial charge on any atom is 0.257 e. The van der Waals surface area contributed by atoms with Crippen molar-refractivity contribution in [3.63, 3.8) is 0 Å². The molecule has 0 aliphatic heterocycles. The topological polar surface area (TPSA) is 59.2 Å². The fourth-order valence-electron chi connectivity index (χ4n) is 1.49. The van der Waals surface area contributed by atoms with Crippen LogP contribution in [-0.4, -0.2) is 15.2 Å². The molecule has 0 spiro atoms. The highest BCUT2D eigenvalue weighted by Crippen LogP contribution is 2.20. The Bertz CT molecular complexity index is 474. The third-order valence-electron chi connectivity index (χ3n) is 2.53. The van der Waals surface area contributed by atoms with Crippen LogP contribution in [0.4, 0.5) is 0 Å². The second kappa shape index (κ2) is 4.99. The summed E-state index contributed by atoms with van der Waals surface area (Å²) in [5.74, 6) is 2.10. The lowest BCUT2D eigenvalue weighted by Crippen LogP contribution is -1.93. The van der Waals surface area contributed by atoms with Gasteiger partial charge in [-0.2, -0.15) is 4.98 Å². The molecule has 4 heteroatoms. The maximum absolute atomic E-state index is 9.19. The lowest BCUT2D eigenvalue weighted by Gasteiger charge is -1.98. The summed E-state index contributed by atoms with van der Waals surface area (Å²) >= 11 is 0. The number of rotatable bonds is 4. The highest BCUT2D eigenvalue weighted by atomic mass is 16.5. The second-order valence-corrected chi connectivity index (χ2v) is 4.50. The van der Waals surface area contributed by atoms with E-state index in [-0.39, 0.29) is 5.75 Å². The van der Waals surface area contributed by atoms with Crippen molar-refractivity contribution >= 4 is 0 Å². The fourth-order valence-corrected chi connectivity index (χ4v) is 1.49. The zero-order chi connectivity index (χ0) is 12.3. The number of benzene rings is 1. The maximum atomic E-state index is 9.19. The highest BCUT2D eigenvalue weighted by molar-refractivity contribution is 5.53. The number of hydrogen-bond donors (Lipinski definition) is 1. The smallest absolute Gasteiger partial charge is 0.257 e.